The van der Waals surface area contributed by atoms with Gasteiger partial charge in [0.15, 0.2) is 0 Å². The summed E-state index contributed by atoms with van der Waals surface area (Å²) >= 11 is 0. The van der Waals surface area contributed by atoms with Gasteiger partial charge in [-0.1, -0.05) is 133 Å². The molecule has 0 aliphatic heterocycles. The highest BCUT2D eigenvalue weighted by Gasteiger charge is 2.19. The molecular formula is C40H28. The Hall–Kier alpha value is -4.94. The first-order valence-electron chi connectivity index (χ1n) is 14.2. The predicted octanol–water partition coefficient (Wildman–Crippen LogP) is 11.4. The van der Waals surface area contributed by atoms with Crippen molar-refractivity contribution in [3.8, 4) is 22.3 Å². The summed E-state index contributed by atoms with van der Waals surface area (Å²) in [6.07, 6.45) is 9.16. The molecule has 8 rings (SSSR count). The lowest BCUT2D eigenvalue weighted by Crippen LogP contribution is -1.93. The number of allylic oxidation sites excluding steroid dienone is 4. The fourth-order valence-corrected chi connectivity index (χ4v) is 6.67. The van der Waals surface area contributed by atoms with Gasteiger partial charge in [0, 0.05) is 0 Å². The van der Waals surface area contributed by atoms with Crippen LogP contribution in [0.1, 0.15) is 18.4 Å². The molecule has 0 aromatic heterocycles. The van der Waals surface area contributed by atoms with E-state index < -0.39 is 0 Å². The Bertz CT molecular complexity index is 2100. The first kappa shape index (κ1) is 23.0. The van der Waals surface area contributed by atoms with Crippen molar-refractivity contribution in [1.82, 2.24) is 0 Å². The maximum absolute atomic E-state index is 2.40. The van der Waals surface area contributed by atoms with E-state index in [1.807, 2.05) is 0 Å². The van der Waals surface area contributed by atoms with Gasteiger partial charge in [-0.2, -0.15) is 0 Å². The minimum atomic E-state index is 1.11. The molecule has 0 fully saturated rings. The van der Waals surface area contributed by atoms with Gasteiger partial charge in [0.1, 0.15) is 0 Å². The van der Waals surface area contributed by atoms with Gasteiger partial charge in [0.25, 0.3) is 0 Å². The zero-order chi connectivity index (χ0) is 26.5. The third kappa shape index (κ3) is 3.61. The lowest BCUT2D eigenvalue weighted by molar-refractivity contribution is 1.04. The highest BCUT2D eigenvalue weighted by molar-refractivity contribution is 6.25. The first-order valence-corrected chi connectivity index (χ1v) is 14.2. The van der Waals surface area contributed by atoms with Crippen LogP contribution in [0.5, 0.6) is 0 Å². The summed E-state index contributed by atoms with van der Waals surface area (Å²) in [6, 6.07) is 47.1. The van der Waals surface area contributed by atoms with Crippen LogP contribution in [-0.2, 0) is 0 Å². The standard InChI is InChI=1S/C40H28/c1-2-13-27(14-3-1)28-16-12-17-30(25-28)39-34-21-8-10-23-36(34)40(37-24-11-9-22-35(37)39)38-26-29-15-4-5-18-31(29)32-19-6-7-20-33(32)38/h2,4-26H,1,3H2. The Morgan fingerprint density at radius 3 is 1.65 bits per heavy atom. The van der Waals surface area contributed by atoms with E-state index in [-0.39, 0.29) is 0 Å². The fraction of sp³-hybridized carbons (Fsp3) is 0.0500. The van der Waals surface area contributed by atoms with Crippen LogP contribution >= 0.6 is 0 Å². The van der Waals surface area contributed by atoms with E-state index >= 15 is 0 Å². The van der Waals surface area contributed by atoms with Crippen molar-refractivity contribution in [3.05, 3.63) is 151 Å². The van der Waals surface area contributed by atoms with Gasteiger partial charge in [-0.25, -0.2) is 0 Å². The Morgan fingerprint density at radius 2 is 0.975 bits per heavy atom. The van der Waals surface area contributed by atoms with E-state index in [0.29, 0.717) is 0 Å². The number of benzene rings is 7. The average molecular weight is 509 g/mol. The molecule has 1 aliphatic carbocycles. The van der Waals surface area contributed by atoms with Crippen LogP contribution in [0, 0.1) is 0 Å². The quantitative estimate of drug-likeness (QED) is 0.164. The van der Waals surface area contributed by atoms with E-state index in [2.05, 4.69) is 146 Å². The van der Waals surface area contributed by atoms with E-state index in [1.54, 1.807) is 0 Å². The smallest absolute Gasteiger partial charge is 0.00199 e. The van der Waals surface area contributed by atoms with Gasteiger partial charge in [-0.3, -0.25) is 0 Å². The zero-order valence-corrected chi connectivity index (χ0v) is 22.3. The average Bonchev–Trinajstić information content (AvgIpc) is 3.04. The van der Waals surface area contributed by atoms with Crippen LogP contribution in [0.3, 0.4) is 0 Å². The number of fused-ring (bicyclic) bond motifs is 5. The number of rotatable bonds is 3. The van der Waals surface area contributed by atoms with Crippen LogP contribution in [0.2, 0.25) is 0 Å². The minimum absolute atomic E-state index is 1.11. The predicted molar refractivity (Wildman–Crippen MR) is 174 cm³/mol. The molecule has 0 heterocycles. The molecule has 0 spiro atoms. The van der Waals surface area contributed by atoms with Crippen molar-refractivity contribution in [2.45, 2.75) is 12.8 Å². The second-order valence-electron chi connectivity index (χ2n) is 10.8. The Balaban J connectivity index is 1.49. The fourth-order valence-electron chi connectivity index (χ4n) is 6.67. The molecule has 0 nitrogen and oxygen atoms in total. The van der Waals surface area contributed by atoms with Crippen molar-refractivity contribution in [2.75, 3.05) is 0 Å². The van der Waals surface area contributed by atoms with Gasteiger partial charge in [0.2, 0.25) is 0 Å². The molecule has 7 aromatic carbocycles. The topological polar surface area (TPSA) is 0 Å². The van der Waals surface area contributed by atoms with E-state index in [0.717, 1.165) is 12.8 Å². The molecule has 0 unspecified atom stereocenters. The molecule has 0 amide bonds. The molecule has 0 radical (unpaired) electrons. The van der Waals surface area contributed by atoms with Crippen molar-refractivity contribution >= 4 is 48.7 Å². The zero-order valence-electron chi connectivity index (χ0n) is 22.3. The molecule has 40 heavy (non-hydrogen) atoms. The highest BCUT2D eigenvalue weighted by atomic mass is 14.2. The van der Waals surface area contributed by atoms with Gasteiger partial charge < -0.3 is 0 Å². The summed E-state index contributed by atoms with van der Waals surface area (Å²) in [7, 11) is 0. The van der Waals surface area contributed by atoms with Gasteiger partial charge in [-0.15, -0.1) is 0 Å². The molecule has 7 aromatic rings. The van der Waals surface area contributed by atoms with Gasteiger partial charge in [0.05, 0.1) is 0 Å². The van der Waals surface area contributed by atoms with Crippen molar-refractivity contribution < 1.29 is 0 Å². The Morgan fingerprint density at radius 1 is 0.400 bits per heavy atom. The molecule has 0 atom stereocenters. The molecule has 188 valence electrons. The molecule has 0 heteroatoms. The number of hydrogen-bond donors (Lipinski definition) is 0. The maximum Gasteiger partial charge on any atom is -0.00199 e. The monoisotopic (exact) mass is 508 g/mol. The summed E-state index contributed by atoms with van der Waals surface area (Å²) < 4.78 is 0. The van der Waals surface area contributed by atoms with Crippen LogP contribution in [-0.4, -0.2) is 0 Å². The first-order chi connectivity index (χ1) is 19.9. The molecule has 0 bridgehead atoms. The number of hydrogen-bond acceptors (Lipinski definition) is 0. The largest absolute Gasteiger partial charge is 0.0836 e. The summed E-state index contributed by atoms with van der Waals surface area (Å²) in [5.41, 5.74) is 7.78. The summed E-state index contributed by atoms with van der Waals surface area (Å²) in [6.45, 7) is 0. The summed E-state index contributed by atoms with van der Waals surface area (Å²) in [5.74, 6) is 0. The highest BCUT2D eigenvalue weighted by Crippen LogP contribution is 2.46. The second kappa shape index (κ2) is 9.36. The van der Waals surface area contributed by atoms with Gasteiger partial charge in [-0.05, 0) is 101 Å². The molecule has 0 N–H and O–H groups in total. The van der Waals surface area contributed by atoms with Crippen molar-refractivity contribution in [3.63, 3.8) is 0 Å². The van der Waals surface area contributed by atoms with E-state index in [1.165, 1.54) is 76.5 Å². The van der Waals surface area contributed by atoms with Crippen molar-refractivity contribution in [1.29, 1.82) is 0 Å². The molecule has 0 saturated carbocycles. The maximum atomic E-state index is 2.40. The van der Waals surface area contributed by atoms with Crippen LogP contribution in [0.15, 0.2) is 146 Å². The third-order valence-corrected chi connectivity index (χ3v) is 8.45. The second-order valence-corrected chi connectivity index (χ2v) is 10.8. The SMILES string of the molecule is C1=CC(c2cccc(-c3c4ccccc4c(-c4cc5ccccc5c5ccccc45)c4ccccc34)c2)=CCC1. The minimum Gasteiger partial charge on any atom is -0.0836 e. The van der Waals surface area contributed by atoms with E-state index in [4.69, 9.17) is 0 Å². The normalized spacial score (nSPS) is 13.3. The molecule has 1 aliphatic rings. The van der Waals surface area contributed by atoms with Gasteiger partial charge >= 0.3 is 0 Å². The van der Waals surface area contributed by atoms with Crippen LogP contribution in [0.25, 0.3) is 70.9 Å². The lowest BCUT2D eigenvalue weighted by Gasteiger charge is -2.20. The molecular weight excluding hydrogens is 480 g/mol. The summed E-state index contributed by atoms with van der Waals surface area (Å²) in [4.78, 5) is 0. The Labute approximate surface area is 234 Å². The summed E-state index contributed by atoms with van der Waals surface area (Å²) in [5, 5.41) is 10.3. The van der Waals surface area contributed by atoms with Crippen LogP contribution < -0.4 is 0 Å². The van der Waals surface area contributed by atoms with Crippen molar-refractivity contribution in [2.24, 2.45) is 0 Å². The third-order valence-electron chi connectivity index (χ3n) is 8.45. The molecule has 0 saturated heterocycles. The van der Waals surface area contributed by atoms with Crippen LogP contribution in [0.4, 0.5) is 0 Å². The van der Waals surface area contributed by atoms with E-state index in [9.17, 15) is 0 Å². The Kier molecular flexibility index (Phi) is 5.38. The lowest BCUT2D eigenvalue weighted by atomic mass is 9.83.